The summed E-state index contributed by atoms with van der Waals surface area (Å²) in [4.78, 5) is 12.0. The number of carbonyl (C=O) groups is 1. The van der Waals surface area contributed by atoms with Crippen LogP contribution < -0.4 is 11.1 Å². The van der Waals surface area contributed by atoms with Gasteiger partial charge in [-0.25, -0.2) is 0 Å². The third kappa shape index (κ3) is 3.85. The van der Waals surface area contributed by atoms with Crippen LogP contribution in [0, 0.1) is 6.92 Å². The van der Waals surface area contributed by atoms with Gasteiger partial charge in [-0.05, 0) is 42.7 Å². The molecular weight excluding hydrogens is 248 g/mol. The van der Waals surface area contributed by atoms with Crippen molar-refractivity contribution in [2.75, 3.05) is 11.1 Å². The van der Waals surface area contributed by atoms with Gasteiger partial charge in [0.2, 0.25) is 5.91 Å². The fraction of sp³-hybridized carbons (Fsp3) is 0.235. The maximum atomic E-state index is 12.0. The Morgan fingerprint density at radius 2 is 1.70 bits per heavy atom. The lowest BCUT2D eigenvalue weighted by Crippen LogP contribution is -2.14. The molecule has 1 unspecified atom stereocenters. The summed E-state index contributed by atoms with van der Waals surface area (Å²) in [5.41, 5.74) is 9.54. The zero-order chi connectivity index (χ0) is 14.5. The zero-order valence-electron chi connectivity index (χ0n) is 11.9. The number of carbonyl (C=O) groups excluding carboxylic acids is 1. The zero-order valence-corrected chi connectivity index (χ0v) is 11.9. The van der Waals surface area contributed by atoms with Crippen molar-refractivity contribution in [1.82, 2.24) is 0 Å². The average Bonchev–Trinajstić information content (AvgIpc) is 2.42. The molecule has 0 aliphatic carbocycles. The molecule has 0 radical (unpaired) electrons. The number of hydrogen-bond donors (Lipinski definition) is 2. The van der Waals surface area contributed by atoms with Crippen LogP contribution in [0.2, 0.25) is 0 Å². The number of nitrogen functional groups attached to an aromatic ring is 1. The lowest BCUT2D eigenvalue weighted by Gasteiger charge is -2.12. The van der Waals surface area contributed by atoms with Crippen molar-refractivity contribution < 1.29 is 4.79 Å². The third-order valence-electron chi connectivity index (χ3n) is 3.33. The van der Waals surface area contributed by atoms with Gasteiger partial charge in [-0.15, -0.1) is 0 Å². The van der Waals surface area contributed by atoms with Gasteiger partial charge in [0.1, 0.15) is 0 Å². The van der Waals surface area contributed by atoms with Gasteiger partial charge in [0.25, 0.3) is 0 Å². The fourth-order valence-electron chi connectivity index (χ4n) is 2.07. The Bertz CT molecular complexity index is 573. The monoisotopic (exact) mass is 268 g/mol. The van der Waals surface area contributed by atoms with Gasteiger partial charge in [-0.2, -0.15) is 0 Å². The Kier molecular flexibility index (Phi) is 4.41. The van der Waals surface area contributed by atoms with Crippen molar-refractivity contribution in [2.24, 2.45) is 0 Å². The van der Waals surface area contributed by atoms with Crippen LogP contribution in [0.5, 0.6) is 0 Å². The maximum Gasteiger partial charge on any atom is 0.224 e. The molecule has 0 spiro atoms. The molecular formula is C17H20N2O. The molecule has 3 heteroatoms. The lowest BCUT2D eigenvalue weighted by atomic mass is 9.97. The number of anilines is 2. The minimum atomic E-state index is 0.0261. The Morgan fingerprint density at radius 1 is 1.10 bits per heavy atom. The Balaban J connectivity index is 1.93. The fourth-order valence-corrected chi connectivity index (χ4v) is 2.07. The van der Waals surface area contributed by atoms with Crippen LogP contribution in [-0.4, -0.2) is 5.91 Å². The number of rotatable bonds is 4. The normalized spacial score (nSPS) is 11.9. The molecule has 0 bridgehead atoms. The molecule has 1 amide bonds. The summed E-state index contributed by atoms with van der Waals surface area (Å²) < 4.78 is 0. The van der Waals surface area contributed by atoms with E-state index in [2.05, 4.69) is 5.32 Å². The smallest absolute Gasteiger partial charge is 0.224 e. The predicted molar refractivity (Wildman–Crippen MR) is 83.7 cm³/mol. The largest absolute Gasteiger partial charge is 0.399 e. The van der Waals surface area contributed by atoms with Gasteiger partial charge in [0, 0.05) is 17.8 Å². The van der Waals surface area contributed by atoms with Crippen LogP contribution in [0.15, 0.2) is 48.5 Å². The van der Waals surface area contributed by atoms with Gasteiger partial charge >= 0.3 is 0 Å². The number of hydrogen-bond acceptors (Lipinski definition) is 2. The first-order valence-corrected chi connectivity index (χ1v) is 6.76. The Hall–Kier alpha value is -2.29. The van der Waals surface area contributed by atoms with Crippen LogP contribution in [0.1, 0.15) is 30.4 Å². The summed E-state index contributed by atoms with van der Waals surface area (Å²) >= 11 is 0. The quantitative estimate of drug-likeness (QED) is 0.830. The topological polar surface area (TPSA) is 55.1 Å². The van der Waals surface area contributed by atoms with E-state index in [4.69, 9.17) is 5.73 Å². The molecule has 20 heavy (non-hydrogen) atoms. The average molecular weight is 268 g/mol. The van der Waals surface area contributed by atoms with Crippen molar-refractivity contribution in [3.8, 4) is 0 Å². The van der Waals surface area contributed by atoms with Gasteiger partial charge in [-0.1, -0.05) is 36.8 Å². The number of nitrogens with two attached hydrogens (primary N) is 1. The van der Waals surface area contributed by atoms with E-state index in [-0.39, 0.29) is 11.8 Å². The van der Waals surface area contributed by atoms with Crippen LogP contribution in [0.25, 0.3) is 0 Å². The van der Waals surface area contributed by atoms with Crippen molar-refractivity contribution in [3.63, 3.8) is 0 Å². The molecule has 3 N–H and O–H groups in total. The van der Waals surface area contributed by atoms with E-state index in [0.29, 0.717) is 6.42 Å². The molecule has 0 saturated carbocycles. The molecule has 1 atom stereocenters. The molecule has 2 aromatic rings. The molecule has 0 aliphatic rings. The maximum absolute atomic E-state index is 12.0. The molecule has 2 aromatic carbocycles. The second kappa shape index (κ2) is 6.24. The summed E-state index contributed by atoms with van der Waals surface area (Å²) in [7, 11) is 0. The standard InChI is InChI=1S/C17H20N2O/c1-12-3-9-16(10-4-12)19-17(20)11-13(2)14-5-7-15(18)8-6-14/h3-10,13H,11,18H2,1-2H3,(H,19,20). The van der Waals surface area contributed by atoms with Gasteiger partial charge in [-0.3, -0.25) is 4.79 Å². The summed E-state index contributed by atoms with van der Waals surface area (Å²) in [6.07, 6.45) is 0.456. The van der Waals surface area contributed by atoms with Gasteiger partial charge in [0.15, 0.2) is 0 Å². The van der Waals surface area contributed by atoms with Crippen LogP contribution in [-0.2, 0) is 4.79 Å². The molecule has 0 aromatic heterocycles. The highest BCUT2D eigenvalue weighted by Crippen LogP contribution is 2.21. The van der Waals surface area contributed by atoms with E-state index in [9.17, 15) is 4.79 Å². The van der Waals surface area contributed by atoms with Gasteiger partial charge < -0.3 is 11.1 Å². The number of nitrogens with one attached hydrogen (secondary N) is 1. The first kappa shape index (κ1) is 14.1. The minimum Gasteiger partial charge on any atom is -0.399 e. The summed E-state index contributed by atoms with van der Waals surface area (Å²) in [5.74, 6) is 0.194. The van der Waals surface area contributed by atoms with Crippen LogP contribution >= 0.6 is 0 Å². The second-order valence-electron chi connectivity index (χ2n) is 5.19. The molecule has 0 aliphatic heterocycles. The number of amides is 1. The van der Waals surface area contributed by atoms with E-state index in [1.165, 1.54) is 5.56 Å². The summed E-state index contributed by atoms with van der Waals surface area (Å²) in [6.45, 7) is 4.06. The third-order valence-corrected chi connectivity index (χ3v) is 3.33. The second-order valence-corrected chi connectivity index (χ2v) is 5.19. The van der Waals surface area contributed by atoms with E-state index in [0.717, 1.165) is 16.9 Å². The summed E-state index contributed by atoms with van der Waals surface area (Å²) in [6, 6.07) is 15.5. The minimum absolute atomic E-state index is 0.0261. The van der Waals surface area contributed by atoms with Crippen LogP contribution in [0.3, 0.4) is 0 Å². The van der Waals surface area contributed by atoms with Crippen molar-refractivity contribution in [1.29, 1.82) is 0 Å². The van der Waals surface area contributed by atoms with E-state index < -0.39 is 0 Å². The van der Waals surface area contributed by atoms with Crippen molar-refractivity contribution in [3.05, 3.63) is 59.7 Å². The first-order valence-electron chi connectivity index (χ1n) is 6.76. The predicted octanol–water partition coefficient (Wildman–Crippen LogP) is 3.71. The van der Waals surface area contributed by atoms with Crippen LogP contribution in [0.4, 0.5) is 11.4 Å². The number of aryl methyl sites for hydroxylation is 1. The molecule has 2 rings (SSSR count). The highest BCUT2D eigenvalue weighted by molar-refractivity contribution is 5.91. The molecule has 104 valence electrons. The summed E-state index contributed by atoms with van der Waals surface area (Å²) in [5, 5.41) is 2.92. The molecule has 0 heterocycles. The van der Waals surface area contributed by atoms with Crippen molar-refractivity contribution in [2.45, 2.75) is 26.2 Å². The Labute approximate surface area is 119 Å². The first-order chi connectivity index (χ1) is 9.54. The lowest BCUT2D eigenvalue weighted by molar-refractivity contribution is -0.116. The molecule has 0 fully saturated rings. The highest BCUT2D eigenvalue weighted by Gasteiger charge is 2.11. The SMILES string of the molecule is Cc1ccc(NC(=O)CC(C)c2ccc(N)cc2)cc1. The number of benzene rings is 2. The van der Waals surface area contributed by atoms with Crippen molar-refractivity contribution >= 4 is 17.3 Å². The van der Waals surface area contributed by atoms with E-state index in [1.807, 2.05) is 62.4 Å². The molecule has 0 saturated heterocycles. The Morgan fingerprint density at radius 3 is 2.30 bits per heavy atom. The van der Waals surface area contributed by atoms with Gasteiger partial charge in [0.05, 0.1) is 0 Å². The molecule has 3 nitrogen and oxygen atoms in total. The van der Waals surface area contributed by atoms with E-state index >= 15 is 0 Å². The van der Waals surface area contributed by atoms with E-state index in [1.54, 1.807) is 0 Å². The highest BCUT2D eigenvalue weighted by atomic mass is 16.1.